The molecule has 5 rings (SSSR count). The molecule has 30 heavy (non-hydrogen) atoms. The maximum absolute atomic E-state index is 6.42. The van der Waals surface area contributed by atoms with Gasteiger partial charge >= 0.3 is 0 Å². The maximum atomic E-state index is 6.42. The van der Waals surface area contributed by atoms with Crippen molar-refractivity contribution in [2.45, 2.75) is 37.6 Å². The number of rotatable bonds is 3. The number of nitrogens with zero attached hydrogens (tertiary/aromatic N) is 4. The summed E-state index contributed by atoms with van der Waals surface area (Å²) in [5.41, 5.74) is 18.2. The summed E-state index contributed by atoms with van der Waals surface area (Å²) < 4.78 is 2.53. The van der Waals surface area contributed by atoms with E-state index < -0.39 is 0 Å². The third kappa shape index (κ3) is 3.38. The second-order valence-corrected chi connectivity index (χ2v) is 8.69. The van der Waals surface area contributed by atoms with Crippen molar-refractivity contribution in [1.29, 1.82) is 0 Å². The minimum atomic E-state index is 0.292. The monoisotopic (exact) mass is 462 g/mol. The fourth-order valence-corrected chi connectivity index (χ4v) is 4.79. The Balaban J connectivity index is 1.55. The maximum Gasteiger partial charge on any atom is 0.165 e. The van der Waals surface area contributed by atoms with E-state index in [0.717, 1.165) is 63.9 Å². The first-order chi connectivity index (χ1) is 14.6. The van der Waals surface area contributed by atoms with Crippen molar-refractivity contribution in [2.24, 2.45) is 5.73 Å². The van der Waals surface area contributed by atoms with Gasteiger partial charge in [-0.15, -0.1) is 0 Å². The Labute approximate surface area is 183 Å². The standard InChI is InChI=1S/C23H23BrN6/c24-20-21(15-6-9-17(25)10-7-15)29-23-18(13-28-30(23)22(20)26)16-8-11-19(27-12-16)14-4-2-1-3-5-14/h1-5,8,11-13,15,17H,6-7,9-10,25-26H2/t15-,17+. The molecular weight excluding hydrogens is 440 g/mol. The SMILES string of the molecule is Nc1c(Br)c([C@H]2CC[C@@H](N)CC2)nc2c(-c3ccc(-c4ccccc4)nc3)cnn12. The number of anilines is 1. The van der Waals surface area contributed by atoms with Crippen molar-refractivity contribution < 1.29 is 0 Å². The van der Waals surface area contributed by atoms with Crippen LogP contribution >= 0.6 is 15.9 Å². The molecule has 0 radical (unpaired) electrons. The Morgan fingerprint density at radius 1 is 0.933 bits per heavy atom. The molecule has 0 bridgehead atoms. The Kier molecular flexibility index (Phi) is 5.00. The molecule has 4 N–H and O–H groups in total. The Morgan fingerprint density at radius 3 is 2.40 bits per heavy atom. The summed E-state index contributed by atoms with van der Waals surface area (Å²) in [6.07, 6.45) is 7.77. The molecule has 0 aliphatic heterocycles. The van der Waals surface area contributed by atoms with Crippen LogP contribution in [0, 0.1) is 0 Å². The molecule has 1 saturated carbocycles. The third-order valence-electron chi connectivity index (χ3n) is 5.95. The lowest BCUT2D eigenvalue weighted by atomic mass is 9.84. The topological polar surface area (TPSA) is 95.1 Å². The molecule has 0 atom stereocenters. The zero-order chi connectivity index (χ0) is 20.7. The van der Waals surface area contributed by atoms with E-state index in [0.29, 0.717) is 17.8 Å². The van der Waals surface area contributed by atoms with Crippen LogP contribution in [-0.2, 0) is 0 Å². The molecule has 6 nitrogen and oxygen atoms in total. The van der Waals surface area contributed by atoms with Gasteiger partial charge in [0.15, 0.2) is 5.65 Å². The highest BCUT2D eigenvalue weighted by molar-refractivity contribution is 9.10. The summed E-state index contributed by atoms with van der Waals surface area (Å²) >= 11 is 3.66. The van der Waals surface area contributed by atoms with Gasteiger partial charge in [0.05, 0.1) is 22.1 Å². The number of nitrogen functional groups attached to an aromatic ring is 1. The van der Waals surface area contributed by atoms with Crippen molar-refractivity contribution >= 4 is 27.4 Å². The van der Waals surface area contributed by atoms with E-state index >= 15 is 0 Å². The first-order valence-electron chi connectivity index (χ1n) is 10.2. The van der Waals surface area contributed by atoms with Gasteiger partial charge in [-0.25, -0.2) is 4.98 Å². The highest BCUT2D eigenvalue weighted by Crippen LogP contribution is 2.38. The van der Waals surface area contributed by atoms with Gasteiger partial charge in [-0.1, -0.05) is 36.4 Å². The Morgan fingerprint density at radius 2 is 1.70 bits per heavy atom. The van der Waals surface area contributed by atoms with Crippen LogP contribution < -0.4 is 11.5 Å². The summed E-state index contributed by atoms with van der Waals surface area (Å²) in [5, 5.41) is 4.49. The molecule has 152 valence electrons. The molecule has 4 aromatic rings. The van der Waals surface area contributed by atoms with Crippen molar-refractivity contribution in [3.05, 3.63) is 65.0 Å². The molecule has 3 aromatic heterocycles. The number of halogens is 1. The zero-order valence-corrected chi connectivity index (χ0v) is 18.1. The highest BCUT2D eigenvalue weighted by atomic mass is 79.9. The average Bonchev–Trinajstić information content (AvgIpc) is 3.22. The van der Waals surface area contributed by atoms with E-state index in [1.54, 1.807) is 4.52 Å². The van der Waals surface area contributed by atoms with E-state index in [1.165, 1.54) is 0 Å². The van der Waals surface area contributed by atoms with Gasteiger partial charge in [-0.2, -0.15) is 9.61 Å². The summed E-state index contributed by atoms with van der Waals surface area (Å²) in [6.45, 7) is 0. The van der Waals surface area contributed by atoms with E-state index in [9.17, 15) is 0 Å². The summed E-state index contributed by atoms with van der Waals surface area (Å²) in [7, 11) is 0. The zero-order valence-electron chi connectivity index (χ0n) is 16.5. The predicted molar refractivity (Wildman–Crippen MR) is 123 cm³/mol. The largest absolute Gasteiger partial charge is 0.383 e. The Bertz CT molecular complexity index is 1180. The van der Waals surface area contributed by atoms with E-state index in [1.807, 2.05) is 36.7 Å². The first kappa shape index (κ1) is 19.2. The molecule has 0 amide bonds. The van der Waals surface area contributed by atoms with Crippen molar-refractivity contribution in [3.8, 4) is 22.4 Å². The van der Waals surface area contributed by atoms with Crippen molar-refractivity contribution in [2.75, 3.05) is 5.73 Å². The number of pyridine rings is 1. The van der Waals surface area contributed by atoms with Gasteiger partial charge < -0.3 is 11.5 Å². The second-order valence-electron chi connectivity index (χ2n) is 7.90. The van der Waals surface area contributed by atoms with Crippen LogP contribution in [0.3, 0.4) is 0 Å². The second kappa shape index (κ2) is 7.81. The lowest BCUT2D eigenvalue weighted by molar-refractivity contribution is 0.390. The van der Waals surface area contributed by atoms with E-state index in [4.69, 9.17) is 16.5 Å². The van der Waals surface area contributed by atoms with Crippen molar-refractivity contribution in [3.63, 3.8) is 0 Å². The number of nitrogens with two attached hydrogens (primary N) is 2. The minimum Gasteiger partial charge on any atom is -0.383 e. The van der Waals surface area contributed by atoms with E-state index in [-0.39, 0.29) is 0 Å². The van der Waals surface area contributed by atoms with Gasteiger partial charge in [0.25, 0.3) is 0 Å². The smallest absolute Gasteiger partial charge is 0.165 e. The van der Waals surface area contributed by atoms with Crippen LogP contribution in [-0.4, -0.2) is 25.6 Å². The summed E-state index contributed by atoms with van der Waals surface area (Å²) in [6, 6.07) is 14.5. The van der Waals surface area contributed by atoms with Gasteiger partial charge in [0.1, 0.15) is 5.82 Å². The lowest BCUT2D eigenvalue weighted by Crippen LogP contribution is -2.26. The minimum absolute atomic E-state index is 0.292. The summed E-state index contributed by atoms with van der Waals surface area (Å²) in [5.74, 6) is 0.929. The third-order valence-corrected chi connectivity index (χ3v) is 6.76. The van der Waals surface area contributed by atoms with Crippen LogP contribution in [0.2, 0.25) is 0 Å². The molecule has 1 aliphatic rings. The molecule has 0 unspecified atom stereocenters. The van der Waals surface area contributed by atoms with Gasteiger partial charge in [-0.05, 0) is 47.7 Å². The van der Waals surface area contributed by atoms with Crippen molar-refractivity contribution in [1.82, 2.24) is 19.6 Å². The fourth-order valence-electron chi connectivity index (χ4n) is 4.21. The number of hydrogen-bond acceptors (Lipinski definition) is 5. The molecular formula is C23H23BrN6. The molecule has 0 spiro atoms. The van der Waals surface area contributed by atoms with E-state index in [2.05, 4.69) is 44.2 Å². The molecule has 7 heteroatoms. The number of hydrogen-bond donors (Lipinski definition) is 2. The van der Waals surface area contributed by atoms with Crippen LogP contribution in [0.5, 0.6) is 0 Å². The quantitative estimate of drug-likeness (QED) is 0.456. The van der Waals surface area contributed by atoms with Gasteiger partial charge in [0, 0.05) is 34.8 Å². The van der Waals surface area contributed by atoms with Crippen LogP contribution in [0.4, 0.5) is 5.82 Å². The molecule has 1 fully saturated rings. The fraction of sp³-hybridized carbons (Fsp3) is 0.261. The molecule has 1 aromatic carbocycles. The lowest BCUT2D eigenvalue weighted by Gasteiger charge is -2.26. The number of benzene rings is 1. The molecule has 3 heterocycles. The average molecular weight is 463 g/mol. The molecule has 0 saturated heterocycles. The Hall–Kier alpha value is -2.77. The highest BCUT2D eigenvalue weighted by Gasteiger charge is 2.26. The predicted octanol–water partition coefficient (Wildman–Crippen LogP) is 4.79. The van der Waals surface area contributed by atoms with Gasteiger partial charge in [-0.3, -0.25) is 4.98 Å². The normalized spacial score (nSPS) is 19.3. The van der Waals surface area contributed by atoms with Gasteiger partial charge in [0.2, 0.25) is 0 Å². The van der Waals surface area contributed by atoms with Crippen LogP contribution in [0.15, 0.2) is 59.3 Å². The first-order valence-corrected chi connectivity index (χ1v) is 11.0. The number of fused-ring (bicyclic) bond motifs is 1. The van der Waals surface area contributed by atoms with Crippen LogP contribution in [0.1, 0.15) is 37.3 Å². The van der Waals surface area contributed by atoms with Crippen LogP contribution in [0.25, 0.3) is 28.0 Å². The summed E-state index contributed by atoms with van der Waals surface area (Å²) in [4.78, 5) is 9.66. The molecule has 1 aliphatic carbocycles. The number of aromatic nitrogens is 4.